The molecular formula is C33H42F3N6O10P. The minimum absolute atomic E-state index is 0.0463. The molecule has 4 heterocycles. The van der Waals surface area contributed by atoms with Gasteiger partial charge < -0.3 is 29.2 Å². The number of aromatic nitrogens is 3. The van der Waals surface area contributed by atoms with Crippen LogP contribution in [-0.4, -0.2) is 100 Å². The van der Waals surface area contributed by atoms with E-state index in [-0.39, 0.29) is 37.2 Å². The van der Waals surface area contributed by atoms with Crippen molar-refractivity contribution in [3.05, 3.63) is 54.5 Å². The second-order valence-electron chi connectivity index (χ2n) is 13.1. The Kier molecular flexibility index (Phi) is 12.3. The summed E-state index contributed by atoms with van der Waals surface area (Å²) < 4.78 is 89.1. The van der Waals surface area contributed by atoms with Crippen LogP contribution in [0, 0.1) is 5.92 Å². The van der Waals surface area contributed by atoms with Crippen molar-refractivity contribution in [3.63, 3.8) is 0 Å². The number of fused-ring (bicyclic) bond motifs is 1. The van der Waals surface area contributed by atoms with E-state index in [1.165, 1.54) is 48.6 Å². The van der Waals surface area contributed by atoms with Crippen LogP contribution in [0.3, 0.4) is 0 Å². The second kappa shape index (κ2) is 16.4. The van der Waals surface area contributed by atoms with E-state index in [1.807, 2.05) is 0 Å². The molecule has 290 valence electrons. The number of anilines is 1. The first kappa shape index (κ1) is 39.9. The number of likely N-dealkylation sites (tertiary alicyclic amines) is 1. The number of hydrogen-bond donors (Lipinski definition) is 2. The van der Waals surface area contributed by atoms with Crippen molar-refractivity contribution in [3.8, 4) is 5.75 Å². The molecule has 0 radical (unpaired) electrons. The first-order chi connectivity index (χ1) is 24.9. The molecule has 1 aromatic carbocycles. The van der Waals surface area contributed by atoms with E-state index in [4.69, 9.17) is 33.7 Å². The lowest BCUT2D eigenvalue weighted by molar-refractivity contribution is -0.169. The number of alkyl halides is 3. The first-order valence-electron chi connectivity index (χ1n) is 16.8. The Hall–Kier alpha value is -4.29. The number of carbonyl (C=O) groups excluding carboxylic acids is 3. The highest BCUT2D eigenvalue weighted by atomic mass is 31.2. The molecule has 16 nitrogen and oxygen atoms in total. The zero-order valence-corrected chi connectivity index (χ0v) is 30.4. The zero-order valence-electron chi connectivity index (χ0n) is 29.5. The lowest BCUT2D eigenvalue weighted by Gasteiger charge is -2.33. The summed E-state index contributed by atoms with van der Waals surface area (Å²) in [6.07, 6.45) is -5.92. The Morgan fingerprint density at radius 3 is 2.42 bits per heavy atom. The van der Waals surface area contributed by atoms with Crippen molar-refractivity contribution in [2.24, 2.45) is 5.92 Å². The van der Waals surface area contributed by atoms with Crippen LogP contribution in [0.15, 0.2) is 48.8 Å². The van der Waals surface area contributed by atoms with E-state index < -0.39 is 74.9 Å². The highest BCUT2D eigenvalue weighted by molar-refractivity contribution is 7.52. The van der Waals surface area contributed by atoms with E-state index in [1.54, 1.807) is 30.3 Å². The molecule has 2 saturated heterocycles. The maximum absolute atomic E-state index is 14.4. The third-order valence-corrected chi connectivity index (χ3v) is 10.4. The van der Waals surface area contributed by atoms with Gasteiger partial charge in [-0.25, -0.2) is 14.1 Å². The topological polar surface area (TPSA) is 195 Å². The van der Waals surface area contributed by atoms with Gasteiger partial charge in [0.15, 0.2) is 18.0 Å². The Morgan fingerprint density at radius 1 is 1.09 bits per heavy atom. The molecule has 0 amide bonds. The largest absolute Gasteiger partial charge is 0.464 e. The van der Waals surface area contributed by atoms with Gasteiger partial charge >= 0.3 is 31.8 Å². The summed E-state index contributed by atoms with van der Waals surface area (Å²) in [5.41, 5.74) is 5.17. The Bertz CT molecular complexity index is 1810. The van der Waals surface area contributed by atoms with E-state index in [9.17, 15) is 32.1 Å². The maximum Gasteiger partial charge on any atom is 0.459 e. The van der Waals surface area contributed by atoms with Crippen LogP contribution in [0.25, 0.3) is 5.52 Å². The van der Waals surface area contributed by atoms with Gasteiger partial charge in [-0.05, 0) is 70.0 Å². The predicted octanol–water partition coefficient (Wildman–Crippen LogP) is 4.00. The number of nitrogens with two attached hydrogens (primary N) is 1. The minimum Gasteiger partial charge on any atom is -0.464 e. The Labute approximate surface area is 302 Å². The molecule has 6 atom stereocenters. The molecule has 0 spiro atoms. The van der Waals surface area contributed by atoms with Crippen LogP contribution in [0.2, 0.25) is 0 Å². The molecule has 2 aliphatic heterocycles. The molecule has 3 aromatic rings. The average molecular weight is 771 g/mol. The van der Waals surface area contributed by atoms with Crippen molar-refractivity contribution < 1.29 is 60.1 Å². The fourth-order valence-corrected chi connectivity index (χ4v) is 7.84. The summed E-state index contributed by atoms with van der Waals surface area (Å²) in [4.78, 5) is 43.1. The molecule has 2 aliphatic rings. The molecule has 3 N–H and O–H groups in total. The van der Waals surface area contributed by atoms with E-state index in [0.717, 1.165) is 6.92 Å². The van der Waals surface area contributed by atoms with E-state index in [2.05, 4.69) is 15.2 Å². The number of nitrogens with one attached hydrogen (secondary N) is 1. The lowest BCUT2D eigenvalue weighted by atomic mass is 9.96. The first-order valence-corrected chi connectivity index (χ1v) is 18.3. The van der Waals surface area contributed by atoms with Crippen LogP contribution >= 0.6 is 7.75 Å². The molecular weight excluding hydrogens is 728 g/mol. The summed E-state index contributed by atoms with van der Waals surface area (Å²) >= 11 is 0. The van der Waals surface area contributed by atoms with Crippen molar-refractivity contribution >= 4 is 37.0 Å². The van der Waals surface area contributed by atoms with Crippen molar-refractivity contribution in [1.29, 1.82) is 0 Å². The number of esters is 3. The molecule has 0 aliphatic carbocycles. The monoisotopic (exact) mass is 770 g/mol. The van der Waals surface area contributed by atoms with Gasteiger partial charge in [0.25, 0.3) is 0 Å². The second-order valence-corrected chi connectivity index (χ2v) is 14.8. The number of ether oxygens (including phenoxy) is 4. The van der Waals surface area contributed by atoms with E-state index in [0.29, 0.717) is 24.1 Å². The lowest BCUT2D eigenvalue weighted by Crippen LogP contribution is -2.48. The number of halogens is 3. The number of benzene rings is 1. The number of hydrogen-bond acceptors (Lipinski definition) is 14. The molecule has 53 heavy (non-hydrogen) atoms. The summed E-state index contributed by atoms with van der Waals surface area (Å²) in [5.74, 6) is -2.12. The van der Waals surface area contributed by atoms with Gasteiger partial charge in [0.2, 0.25) is 0 Å². The number of piperidine rings is 1. The average Bonchev–Trinajstić information content (AvgIpc) is 3.62. The zero-order chi connectivity index (χ0) is 38.6. The highest BCUT2D eigenvalue weighted by Crippen LogP contribution is 2.50. The summed E-state index contributed by atoms with van der Waals surface area (Å²) in [5, 5.41) is 6.83. The van der Waals surface area contributed by atoms with Crippen molar-refractivity contribution in [2.75, 3.05) is 38.6 Å². The molecule has 2 fully saturated rings. The SMILES string of the molecule is CC(=O)O[C@H]1[C@H](c2ccc3c(N)ncnn23)O[C@](C)(CO[P@@](=O)(N[C@@H](C)C(=O)OCC2CCN(CC(F)(F)F)CC2)Oc2ccccc2)[C@H]1OC(C)=O. The fraction of sp³-hybridized carbons (Fsp3) is 0.545. The number of para-hydroxylation sites is 1. The Balaban J connectivity index is 1.33. The van der Waals surface area contributed by atoms with Gasteiger partial charge in [0.05, 0.1) is 25.5 Å². The smallest absolute Gasteiger partial charge is 0.459 e. The van der Waals surface area contributed by atoms with Crippen LogP contribution in [0.1, 0.15) is 52.3 Å². The minimum atomic E-state index is -4.50. The molecule has 0 unspecified atom stereocenters. The van der Waals surface area contributed by atoms with Crippen molar-refractivity contribution in [2.45, 2.75) is 76.7 Å². The number of rotatable bonds is 14. The van der Waals surface area contributed by atoms with Crippen molar-refractivity contribution in [1.82, 2.24) is 24.6 Å². The number of nitrogen functional groups attached to an aromatic ring is 1. The van der Waals surface area contributed by atoms with Gasteiger partial charge in [0, 0.05) is 13.8 Å². The standard InChI is InChI=1S/C33H42F3N6O10P/c1-20(31(45)47-16-23-12-14-41(15-13-23)17-33(34,35)36)40-53(46,52-24-8-6-5-7-9-24)48-18-32(4)29(50-22(3)44)28(49-21(2)43)27(51-32)25-10-11-26-30(37)38-19-39-42(25)26/h5-11,19-20,23,27-29H,12-18H2,1-4H3,(H,40,46)(H2,37,38,39)/t20-,27-,28-,29-,32+,53-/m0/s1. The molecule has 0 bridgehead atoms. The third-order valence-electron chi connectivity index (χ3n) is 8.76. The molecule has 20 heteroatoms. The Morgan fingerprint density at radius 2 is 1.77 bits per heavy atom. The van der Waals surface area contributed by atoms with Crippen LogP contribution in [0.5, 0.6) is 5.75 Å². The van der Waals surface area contributed by atoms with E-state index >= 15 is 0 Å². The normalized spacial score (nSPS) is 24.3. The number of carbonyl (C=O) groups is 3. The predicted molar refractivity (Wildman–Crippen MR) is 180 cm³/mol. The molecule has 0 saturated carbocycles. The fourth-order valence-electron chi connectivity index (χ4n) is 6.25. The van der Waals surface area contributed by atoms with Gasteiger partial charge in [0.1, 0.15) is 35.3 Å². The summed E-state index contributed by atoms with van der Waals surface area (Å²) in [7, 11) is -4.50. The maximum atomic E-state index is 14.4. The summed E-state index contributed by atoms with van der Waals surface area (Å²) in [6.45, 7) is 4.00. The van der Waals surface area contributed by atoms with Gasteiger partial charge in [-0.1, -0.05) is 18.2 Å². The molecule has 5 rings (SSSR count). The summed E-state index contributed by atoms with van der Waals surface area (Å²) in [6, 6.07) is 9.99. The van der Waals surface area contributed by atoms with Gasteiger partial charge in [-0.3, -0.25) is 23.8 Å². The van der Waals surface area contributed by atoms with Crippen LogP contribution < -0.4 is 15.3 Å². The van der Waals surface area contributed by atoms with Gasteiger partial charge in [-0.15, -0.1) is 0 Å². The number of nitrogens with zero attached hydrogens (tertiary/aromatic N) is 4. The van der Waals surface area contributed by atoms with Crippen LogP contribution in [0.4, 0.5) is 19.0 Å². The quantitative estimate of drug-likeness (QED) is 0.136. The van der Waals surface area contributed by atoms with Gasteiger partial charge in [-0.2, -0.15) is 23.4 Å². The highest BCUT2D eigenvalue weighted by Gasteiger charge is 2.58. The van der Waals surface area contributed by atoms with Crippen LogP contribution in [-0.2, 0) is 42.4 Å². The third kappa shape index (κ3) is 10.2. The molecule has 2 aromatic heterocycles.